The highest BCUT2D eigenvalue weighted by Crippen LogP contribution is 2.22. The predicted molar refractivity (Wildman–Crippen MR) is 66.6 cm³/mol. The first-order valence-electron chi connectivity index (χ1n) is 5.33. The van der Waals surface area contributed by atoms with Crippen molar-refractivity contribution in [1.82, 2.24) is 0 Å². The average Bonchev–Trinajstić information content (AvgIpc) is 2.83. The molecule has 0 unspecified atom stereocenters. The molecule has 16 heavy (non-hydrogen) atoms. The summed E-state index contributed by atoms with van der Waals surface area (Å²) >= 11 is 0. The van der Waals surface area contributed by atoms with E-state index >= 15 is 0 Å². The molecule has 1 heteroatoms. The summed E-state index contributed by atoms with van der Waals surface area (Å²) in [6.45, 7) is 2.10. The van der Waals surface area contributed by atoms with Crippen LogP contribution in [0.3, 0.4) is 0 Å². The van der Waals surface area contributed by atoms with Gasteiger partial charge in [0.05, 0.1) is 11.6 Å². The largest absolute Gasteiger partial charge is 0.192 e. The van der Waals surface area contributed by atoms with Crippen LogP contribution >= 0.6 is 0 Å². The van der Waals surface area contributed by atoms with Crippen LogP contribution in [-0.4, -0.2) is 0 Å². The van der Waals surface area contributed by atoms with Crippen LogP contribution in [-0.2, 0) is 0 Å². The minimum absolute atomic E-state index is 0.381. The summed E-state index contributed by atoms with van der Waals surface area (Å²) in [5.41, 5.74) is 2.98. The fourth-order valence-electron chi connectivity index (χ4n) is 1.80. The Balaban J connectivity index is 2.32. The van der Waals surface area contributed by atoms with Crippen molar-refractivity contribution in [3.8, 4) is 6.07 Å². The molecule has 1 aromatic carbocycles. The highest BCUT2D eigenvalue weighted by molar-refractivity contribution is 5.61. The maximum absolute atomic E-state index is 8.99. The molecule has 1 nitrogen and oxygen atoms in total. The third kappa shape index (κ3) is 2.12. The molecule has 0 spiro atoms. The summed E-state index contributed by atoms with van der Waals surface area (Å²) in [4.78, 5) is 0. The lowest BCUT2D eigenvalue weighted by molar-refractivity contribution is 0.995. The minimum Gasteiger partial charge on any atom is -0.192 e. The van der Waals surface area contributed by atoms with Gasteiger partial charge in [0.15, 0.2) is 0 Å². The molecule has 1 aliphatic carbocycles. The van der Waals surface area contributed by atoms with Crippen LogP contribution in [0.15, 0.2) is 54.1 Å². The Labute approximate surface area is 96.0 Å². The van der Waals surface area contributed by atoms with Gasteiger partial charge in [0, 0.05) is 5.92 Å². The number of nitriles is 1. The standard InChI is InChI=1S/C15H13N/c1-12(13-6-2-3-7-13)10-14-8-4-5-9-15(14)11-16/h2-10,13H,1H3. The first kappa shape index (κ1) is 10.4. The van der Waals surface area contributed by atoms with Crippen LogP contribution in [0.2, 0.25) is 0 Å². The van der Waals surface area contributed by atoms with Gasteiger partial charge in [-0.15, -0.1) is 0 Å². The molecule has 2 rings (SSSR count). The van der Waals surface area contributed by atoms with E-state index in [1.807, 2.05) is 24.3 Å². The van der Waals surface area contributed by atoms with Crippen molar-refractivity contribution in [1.29, 1.82) is 5.26 Å². The third-order valence-corrected chi connectivity index (χ3v) is 2.74. The van der Waals surface area contributed by atoms with Gasteiger partial charge in [-0.3, -0.25) is 0 Å². The highest BCUT2D eigenvalue weighted by Gasteiger charge is 2.06. The fraction of sp³-hybridized carbons (Fsp3) is 0.133. The Morgan fingerprint density at radius 2 is 1.94 bits per heavy atom. The summed E-state index contributed by atoms with van der Waals surface area (Å²) in [5.74, 6) is 0.381. The number of hydrogen-bond acceptors (Lipinski definition) is 1. The second kappa shape index (κ2) is 4.63. The van der Waals surface area contributed by atoms with Crippen LogP contribution in [0.5, 0.6) is 0 Å². The number of rotatable bonds is 2. The van der Waals surface area contributed by atoms with E-state index < -0.39 is 0 Å². The van der Waals surface area contributed by atoms with Gasteiger partial charge in [-0.1, -0.05) is 54.2 Å². The van der Waals surface area contributed by atoms with Crippen LogP contribution < -0.4 is 0 Å². The molecule has 0 aliphatic heterocycles. The molecule has 78 valence electrons. The lowest BCUT2D eigenvalue weighted by Gasteiger charge is -2.06. The van der Waals surface area contributed by atoms with Gasteiger partial charge < -0.3 is 0 Å². The van der Waals surface area contributed by atoms with Crippen molar-refractivity contribution in [2.24, 2.45) is 5.92 Å². The Bertz CT molecular complexity index is 500. The first-order valence-corrected chi connectivity index (χ1v) is 5.33. The zero-order valence-electron chi connectivity index (χ0n) is 9.22. The van der Waals surface area contributed by atoms with E-state index in [-0.39, 0.29) is 0 Å². The van der Waals surface area contributed by atoms with Crippen molar-refractivity contribution in [2.45, 2.75) is 6.92 Å². The van der Waals surface area contributed by atoms with Gasteiger partial charge in [0.1, 0.15) is 0 Å². The van der Waals surface area contributed by atoms with Crippen LogP contribution in [0.25, 0.3) is 6.08 Å². The van der Waals surface area contributed by atoms with Crippen molar-refractivity contribution in [3.63, 3.8) is 0 Å². The van der Waals surface area contributed by atoms with E-state index in [0.29, 0.717) is 5.92 Å². The second-order valence-electron chi connectivity index (χ2n) is 3.88. The molecule has 0 fully saturated rings. The van der Waals surface area contributed by atoms with Crippen molar-refractivity contribution < 1.29 is 0 Å². The van der Waals surface area contributed by atoms with Gasteiger partial charge in [-0.05, 0) is 18.6 Å². The zero-order valence-corrected chi connectivity index (χ0v) is 9.22. The number of benzene rings is 1. The predicted octanol–water partition coefficient (Wildman–Crippen LogP) is 3.70. The lowest BCUT2D eigenvalue weighted by atomic mass is 9.98. The number of hydrogen-bond donors (Lipinski definition) is 0. The molecular formula is C15H13N. The number of nitrogens with zero attached hydrogens (tertiary/aromatic N) is 1. The average molecular weight is 207 g/mol. The molecule has 0 atom stereocenters. The highest BCUT2D eigenvalue weighted by atomic mass is 14.2. The van der Waals surface area contributed by atoms with E-state index in [2.05, 4.69) is 43.4 Å². The molecule has 0 N–H and O–H groups in total. The molecule has 1 aliphatic rings. The Morgan fingerprint density at radius 1 is 1.25 bits per heavy atom. The maximum Gasteiger partial charge on any atom is 0.0997 e. The van der Waals surface area contributed by atoms with Gasteiger partial charge in [0.25, 0.3) is 0 Å². The Morgan fingerprint density at radius 3 is 2.62 bits per heavy atom. The molecule has 1 aromatic rings. The molecular weight excluding hydrogens is 194 g/mol. The molecule has 0 amide bonds. The smallest absolute Gasteiger partial charge is 0.0997 e. The van der Waals surface area contributed by atoms with Gasteiger partial charge in [0.2, 0.25) is 0 Å². The van der Waals surface area contributed by atoms with E-state index in [1.54, 1.807) is 0 Å². The van der Waals surface area contributed by atoms with Crippen molar-refractivity contribution in [2.75, 3.05) is 0 Å². The fourth-order valence-corrected chi connectivity index (χ4v) is 1.80. The summed E-state index contributed by atoms with van der Waals surface area (Å²) in [6, 6.07) is 9.88. The van der Waals surface area contributed by atoms with Gasteiger partial charge in [-0.2, -0.15) is 5.26 Å². The molecule has 0 saturated heterocycles. The topological polar surface area (TPSA) is 23.8 Å². The summed E-state index contributed by atoms with van der Waals surface area (Å²) in [7, 11) is 0. The second-order valence-corrected chi connectivity index (χ2v) is 3.88. The SMILES string of the molecule is CC(=Cc1ccccc1C#N)C1C=CC=C1. The van der Waals surface area contributed by atoms with Crippen LogP contribution in [0, 0.1) is 17.2 Å². The molecule has 0 heterocycles. The van der Waals surface area contributed by atoms with Crippen LogP contribution in [0.1, 0.15) is 18.1 Å². The van der Waals surface area contributed by atoms with Gasteiger partial charge in [-0.25, -0.2) is 0 Å². The van der Waals surface area contributed by atoms with E-state index in [0.717, 1.165) is 11.1 Å². The molecule has 0 aromatic heterocycles. The Hall–Kier alpha value is -2.07. The minimum atomic E-state index is 0.381. The van der Waals surface area contributed by atoms with Crippen molar-refractivity contribution in [3.05, 3.63) is 65.3 Å². The third-order valence-electron chi connectivity index (χ3n) is 2.74. The zero-order chi connectivity index (χ0) is 11.4. The van der Waals surface area contributed by atoms with Crippen molar-refractivity contribution >= 4 is 6.08 Å². The quantitative estimate of drug-likeness (QED) is 0.725. The van der Waals surface area contributed by atoms with Gasteiger partial charge >= 0.3 is 0 Å². The normalized spacial score (nSPS) is 15.4. The van der Waals surface area contributed by atoms with E-state index in [4.69, 9.17) is 5.26 Å². The molecule has 0 bridgehead atoms. The molecule has 0 saturated carbocycles. The van der Waals surface area contributed by atoms with Crippen LogP contribution in [0.4, 0.5) is 0 Å². The number of allylic oxidation sites excluding steroid dienone is 5. The van der Waals surface area contributed by atoms with E-state index in [9.17, 15) is 0 Å². The summed E-state index contributed by atoms with van der Waals surface area (Å²) < 4.78 is 0. The van der Waals surface area contributed by atoms with E-state index in [1.165, 1.54) is 5.57 Å². The maximum atomic E-state index is 8.99. The Kier molecular flexibility index (Phi) is 3.03. The summed E-state index contributed by atoms with van der Waals surface area (Å²) in [5, 5.41) is 8.99. The first-order chi connectivity index (χ1) is 7.81. The molecule has 0 radical (unpaired) electrons. The lowest BCUT2D eigenvalue weighted by Crippen LogP contribution is -1.91. The summed E-state index contributed by atoms with van der Waals surface area (Å²) in [6.07, 6.45) is 10.5. The monoisotopic (exact) mass is 207 g/mol.